The molecule has 2 aromatic heterocycles. The topological polar surface area (TPSA) is 59.4 Å². The van der Waals surface area contributed by atoms with Crippen molar-refractivity contribution < 1.29 is 4.74 Å². The van der Waals surface area contributed by atoms with Crippen molar-refractivity contribution in [3.8, 4) is 0 Å². The normalized spacial score (nSPS) is 16.4. The summed E-state index contributed by atoms with van der Waals surface area (Å²) < 4.78 is 6.91. The van der Waals surface area contributed by atoms with Crippen molar-refractivity contribution >= 4 is 10.9 Å². The van der Waals surface area contributed by atoms with Gasteiger partial charge in [-0.15, -0.1) is 0 Å². The number of pyridine rings is 2. The van der Waals surface area contributed by atoms with Gasteiger partial charge in [0.25, 0.3) is 5.56 Å². The number of morpholine rings is 1. The number of hydrogen-bond acceptors (Lipinski definition) is 5. The predicted molar refractivity (Wildman–Crippen MR) is 77.5 cm³/mol. The van der Waals surface area contributed by atoms with E-state index in [1.165, 1.54) is 0 Å². The van der Waals surface area contributed by atoms with Crippen LogP contribution in [0.25, 0.3) is 10.9 Å². The maximum atomic E-state index is 12.0. The van der Waals surface area contributed by atoms with E-state index in [1.807, 2.05) is 6.07 Å². The van der Waals surface area contributed by atoms with Crippen molar-refractivity contribution in [2.75, 3.05) is 44.8 Å². The van der Waals surface area contributed by atoms with Gasteiger partial charge in [0.15, 0.2) is 0 Å². The maximum Gasteiger partial charge on any atom is 0.269 e. The highest BCUT2D eigenvalue weighted by molar-refractivity contribution is 5.77. The summed E-state index contributed by atoms with van der Waals surface area (Å²) in [5.41, 5.74) is 4.00. The molecule has 0 aliphatic carbocycles. The average molecular weight is 274 g/mol. The molecule has 0 unspecified atom stereocenters. The number of ether oxygens (including phenoxy) is 1. The van der Waals surface area contributed by atoms with Crippen LogP contribution in [0.15, 0.2) is 35.4 Å². The summed E-state index contributed by atoms with van der Waals surface area (Å²) in [6, 6.07) is 5.20. The Bertz CT molecular complexity index is 634. The van der Waals surface area contributed by atoms with Gasteiger partial charge in [-0.05, 0) is 12.1 Å². The van der Waals surface area contributed by atoms with Crippen LogP contribution in [-0.2, 0) is 4.74 Å². The van der Waals surface area contributed by atoms with Gasteiger partial charge in [-0.3, -0.25) is 14.7 Å². The highest BCUT2D eigenvalue weighted by atomic mass is 16.5. The van der Waals surface area contributed by atoms with Crippen LogP contribution in [0.3, 0.4) is 0 Å². The Morgan fingerprint density at radius 3 is 2.95 bits per heavy atom. The van der Waals surface area contributed by atoms with Crippen molar-refractivity contribution in [2.24, 2.45) is 0 Å². The average Bonchev–Trinajstić information content (AvgIpc) is 2.50. The van der Waals surface area contributed by atoms with Crippen LogP contribution >= 0.6 is 0 Å². The lowest BCUT2D eigenvalue weighted by molar-refractivity contribution is 0.0396. The zero-order valence-corrected chi connectivity index (χ0v) is 11.3. The molecule has 1 aliphatic rings. The zero-order valence-electron chi connectivity index (χ0n) is 11.3. The van der Waals surface area contributed by atoms with Gasteiger partial charge in [-0.2, -0.15) is 0 Å². The molecule has 0 amide bonds. The van der Waals surface area contributed by atoms with E-state index in [1.54, 1.807) is 29.2 Å². The fourth-order valence-corrected chi connectivity index (χ4v) is 2.39. The van der Waals surface area contributed by atoms with Gasteiger partial charge in [-0.1, -0.05) is 0 Å². The molecule has 0 bridgehead atoms. The molecule has 2 aromatic rings. The second-order valence-corrected chi connectivity index (χ2v) is 4.80. The molecule has 20 heavy (non-hydrogen) atoms. The van der Waals surface area contributed by atoms with Crippen molar-refractivity contribution in [3.05, 3.63) is 40.9 Å². The summed E-state index contributed by atoms with van der Waals surface area (Å²) in [6.07, 6.45) is 3.46. The van der Waals surface area contributed by atoms with E-state index in [2.05, 4.69) is 15.3 Å². The first-order chi connectivity index (χ1) is 9.84. The Morgan fingerprint density at radius 2 is 2.10 bits per heavy atom. The van der Waals surface area contributed by atoms with Crippen LogP contribution in [-0.4, -0.2) is 54.0 Å². The zero-order chi connectivity index (χ0) is 13.8. The van der Waals surface area contributed by atoms with Crippen molar-refractivity contribution in [3.63, 3.8) is 0 Å². The highest BCUT2D eigenvalue weighted by Crippen LogP contribution is 2.07. The number of aromatic nitrogens is 2. The molecule has 6 heteroatoms. The lowest BCUT2D eigenvalue weighted by Crippen LogP contribution is -2.41. The quantitative estimate of drug-likeness (QED) is 0.867. The molecule has 0 aromatic carbocycles. The van der Waals surface area contributed by atoms with E-state index in [9.17, 15) is 4.79 Å². The molecular formula is C14H18N4O2. The standard InChI is InChI=1S/C14H18N4O2/c19-14-2-1-12-11-15-4-3-13(12)18(14)16-5-6-17-7-9-20-10-8-17/h1-4,11,16H,5-10H2. The van der Waals surface area contributed by atoms with E-state index >= 15 is 0 Å². The fourth-order valence-electron chi connectivity index (χ4n) is 2.39. The molecule has 0 radical (unpaired) electrons. The van der Waals surface area contributed by atoms with Crippen LogP contribution < -0.4 is 11.0 Å². The number of fused-ring (bicyclic) bond motifs is 1. The lowest BCUT2D eigenvalue weighted by Gasteiger charge is -2.26. The van der Waals surface area contributed by atoms with E-state index in [0.29, 0.717) is 0 Å². The number of nitrogens with one attached hydrogen (secondary N) is 1. The van der Waals surface area contributed by atoms with Crippen LogP contribution in [0.1, 0.15) is 0 Å². The van der Waals surface area contributed by atoms with Gasteiger partial charge in [0.1, 0.15) is 0 Å². The number of nitrogens with zero attached hydrogens (tertiary/aromatic N) is 3. The molecule has 6 nitrogen and oxygen atoms in total. The number of hydrogen-bond donors (Lipinski definition) is 1. The fraction of sp³-hybridized carbons (Fsp3) is 0.429. The van der Waals surface area contributed by atoms with Gasteiger partial charge in [0, 0.05) is 50.0 Å². The summed E-state index contributed by atoms with van der Waals surface area (Å²) in [4.78, 5) is 18.4. The third kappa shape index (κ3) is 2.81. The first-order valence-corrected chi connectivity index (χ1v) is 6.84. The summed E-state index contributed by atoms with van der Waals surface area (Å²) in [7, 11) is 0. The monoisotopic (exact) mass is 274 g/mol. The Balaban J connectivity index is 1.70. The summed E-state index contributed by atoms with van der Waals surface area (Å²) in [5.74, 6) is 0. The van der Waals surface area contributed by atoms with Crippen LogP contribution in [0, 0.1) is 0 Å². The molecule has 0 saturated carbocycles. The molecule has 1 aliphatic heterocycles. The second kappa shape index (κ2) is 6.02. The summed E-state index contributed by atoms with van der Waals surface area (Å²) in [6.45, 7) is 5.12. The molecule has 3 rings (SSSR count). The van der Waals surface area contributed by atoms with Crippen LogP contribution in [0.4, 0.5) is 0 Å². The molecule has 0 atom stereocenters. The molecule has 1 saturated heterocycles. The minimum absolute atomic E-state index is 0.0503. The molecular weight excluding hydrogens is 256 g/mol. The van der Waals surface area contributed by atoms with E-state index in [4.69, 9.17) is 4.74 Å². The Kier molecular flexibility index (Phi) is 3.94. The van der Waals surface area contributed by atoms with Gasteiger partial charge < -0.3 is 10.2 Å². The smallest absolute Gasteiger partial charge is 0.269 e. The molecule has 3 heterocycles. The van der Waals surface area contributed by atoms with E-state index in [0.717, 1.165) is 50.3 Å². The third-order valence-electron chi connectivity index (χ3n) is 3.50. The second-order valence-electron chi connectivity index (χ2n) is 4.80. The summed E-state index contributed by atoms with van der Waals surface area (Å²) >= 11 is 0. The molecule has 1 fully saturated rings. The van der Waals surface area contributed by atoms with E-state index < -0.39 is 0 Å². The lowest BCUT2D eigenvalue weighted by atomic mass is 10.3. The first kappa shape index (κ1) is 13.1. The van der Waals surface area contributed by atoms with Crippen LogP contribution in [0.2, 0.25) is 0 Å². The Hall–Kier alpha value is -1.92. The Labute approximate surface area is 117 Å². The predicted octanol–water partition coefficient (Wildman–Crippen LogP) is 0.272. The minimum atomic E-state index is -0.0503. The third-order valence-corrected chi connectivity index (χ3v) is 3.50. The number of rotatable bonds is 4. The van der Waals surface area contributed by atoms with E-state index in [-0.39, 0.29) is 5.56 Å². The Morgan fingerprint density at radius 1 is 1.25 bits per heavy atom. The van der Waals surface area contributed by atoms with Crippen molar-refractivity contribution in [1.29, 1.82) is 0 Å². The highest BCUT2D eigenvalue weighted by Gasteiger charge is 2.09. The molecule has 1 N–H and O–H groups in total. The van der Waals surface area contributed by atoms with Gasteiger partial charge in [0.2, 0.25) is 0 Å². The van der Waals surface area contributed by atoms with Crippen molar-refractivity contribution in [2.45, 2.75) is 0 Å². The molecule has 0 spiro atoms. The maximum absolute atomic E-state index is 12.0. The largest absolute Gasteiger partial charge is 0.379 e. The van der Waals surface area contributed by atoms with Crippen molar-refractivity contribution in [1.82, 2.24) is 14.6 Å². The first-order valence-electron chi connectivity index (χ1n) is 6.84. The SMILES string of the molecule is O=c1ccc2cnccc2n1NCCN1CCOCC1. The minimum Gasteiger partial charge on any atom is -0.379 e. The van der Waals surface area contributed by atoms with Gasteiger partial charge in [-0.25, -0.2) is 4.68 Å². The van der Waals surface area contributed by atoms with Gasteiger partial charge >= 0.3 is 0 Å². The van der Waals surface area contributed by atoms with Crippen LogP contribution in [0.5, 0.6) is 0 Å². The summed E-state index contributed by atoms with van der Waals surface area (Å²) in [5, 5.41) is 0.950. The van der Waals surface area contributed by atoms with Gasteiger partial charge in [0.05, 0.1) is 18.7 Å². The molecule has 106 valence electrons.